The summed E-state index contributed by atoms with van der Waals surface area (Å²) >= 11 is 0. The summed E-state index contributed by atoms with van der Waals surface area (Å²) < 4.78 is 1.77. The monoisotopic (exact) mass is 222 g/mol. The van der Waals surface area contributed by atoms with E-state index in [0.717, 1.165) is 24.6 Å². The summed E-state index contributed by atoms with van der Waals surface area (Å²) in [6.45, 7) is 3.11. The van der Waals surface area contributed by atoms with Crippen molar-refractivity contribution in [1.29, 1.82) is 0 Å². The molecule has 1 aliphatic carbocycles. The lowest BCUT2D eigenvalue weighted by molar-refractivity contribution is 0.162. The molecule has 0 aromatic carbocycles. The molecule has 2 rings (SSSR count). The molecular formula is C12H22N4. The standard InChI is InChI=1S/C12H22N4/c1-10-3-5-12(9-13,6-4-10)7-11-8-16(2)15-14-11/h8,10H,3-7,9,13H2,1-2H3. The van der Waals surface area contributed by atoms with Crippen LogP contribution in [0.3, 0.4) is 0 Å². The molecule has 0 saturated heterocycles. The van der Waals surface area contributed by atoms with Gasteiger partial charge in [0.2, 0.25) is 0 Å². The van der Waals surface area contributed by atoms with Gasteiger partial charge >= 0.3 is 0 Å². The Bertz CT molecular complexity index is 337. The first kappa shape index (κ1) is 11.6. The fraction of sp³-hybridized carbons (Fsp3) is 0.833. The van der Waals surface area contributed by atoms with Crippen LogP contribution in [0.2, 0.25) is 0 Å². The molecule has 0 amide bonds. The zero-order valence-corrected chi connectivity index (χ0v) is 10.3. The first-order valence-corrected chi connectivity index (χ1v) is 6.19. The molecule has 4 heteroatoms. The summed E-state index contributed by atoms with van der Waals surface area (Å²) in [6, 6.07) is 0. The summed E-state index contributed by atoms with van der Waals surface area (Å²) in [4.78, 5) is 0. The molecule has 1 fully saturated rings. The highest BCUT2D eigenvalue weighted by atomic mass is 15.4. The minimum absolute atomic E-state index is 0.280. The van der Waals surface area contributed by atoms with Gasteiger partial charge in [0, 0.05) is 13.2 Å². The Kier molecular flexibility index (Phi) is 3.28. The first-order chi connectivity index (χ1) is 7.63. The Hall–Kier alpha value is -0.900. The van der Waals surface area contributed by atoms with Crippen molar-refractivity contribution in [2.24, 2.45) is 24.1 Å². The highest BCUT2D eigenvalue weighted by Gasteiger charge is 2.33. The van der Waals surface area contributed by atoms with Crippen molar-refractivity contribution in [2.45, 2.75) is 39.0 Å². The van der Waals surface area contributed by atoms with Crippen LogP contribution in [0.15, 0.2) is 6.20 Å². The molecule has 1 aliphatic rings. The van der Waals surface area contributed by atoms with Crippen molar-refractivity contribution in [2.75, 3.05) is 6.54 Å². The third-order valence-corrected chi connectivity index (χ3v) is 3.97. The van der Waals surface area contributed by atoms with Crippen LogP contribution in [0, 0.1) is 11.3 Å². The normalized spacial score (nSPS) is 30.6. The zero-order valence-electron chi connectivity index (χ0n) is 10.3. The summed E-state index contributed by atoms with van der Waals surface area (Å²) in [5.41, 5.74) is 7.35. The second-order valence-electron chi connectivity index (χ2n) is 5.45. The third-order valence-electron chi connectivity index (χ3n) is 3.97. The van der Waals surface area contributed by atoms with Crippen molar-refractivity contribution >= 4 is 0 Å². The van der Waals surface area contributed by atoms with Gasteiger partial charge < -0.3 is 5.73 Å². The van der Waals surface area contributed by atoms with Gasteiger partial charge in [0.1, 0.15) is 0 Å². The van der Waals surface area contributed by atoms with Gasteiger partial charge in [-0.2, -0.15) is 0 Å². The lowest BCUT2D eigenvalue weighted by Gasteiger charge is -2.38. The maximum Gasteiger partial charge on any atom is 0.0833 e. The molecule has 2 N–H and O–H groups in total. The number of rotatable bonds is 3. The van der Waals surface area contributed by atoms with Crippen molar-refractivity contribution in [3.8, 4) is 0 Å². The van der Waals surface area contributed by atoms with Crippen LogP contribution in [-0.2, 0) is 13.5 Å². The van der Waals surface area contributed by atoms with Gasteiger partial charge in [-0.25, -0.2) is 0 Å². The van der Waals surface area contributed by atoms with E-state index in [1.807, 2.05) is 13.2 Å². The maximum atomic E-state index is 5.98. The van der Waals surface area contributed by atoms with Crippen LogP contribution >= 0.6 is 0 Å². The van der Waals surface area contributed by atoms with Crippen LogP contribution in [-0.4, -0.2) is 21.5 Å². The van der Waals surface area contributed by atoms with E-state index in [1.54, 1.807) is 4.68 Å². The van der Waals surface area contributed by atoms with E-state index in [-0.39, 0.29) is 5.41 Å². The number of aryl methyl sites for hydroxylation is 1. The van der Waals surface area contributed by atoms with Crippen LogP contribution < -0.4 is 5.73 Å². The zero-order chi connectivity index (χ0) is 11.6. The van der Waals surface area contributed by atoms with Crippen LogP contribution in [0.5, 0.6) is 0 Å². The van der Waals surface area contributed by atoms with Gasteiger partial charge in [-0.1, -0.05) is 25.0 Å². The molecule has 0 aliphatic heterocycles. The van der Waals surface area contributed by atoms with E-state index in [9.17, 15) is 0 Å². The predicted molar refractivity (Wildman–Crippen MR) is 63.8 cm³/mol. The minimum Gasteiger partial charge on any atom is -0.330 e. The highest BCUT2D eigenvalue weighted by molar-refractivity contribution is 5.00. The van der Waals surface area contributed by atoms with Crippen molar-refractivity contribution < 1.29 is 0 Å². The summed E-state index contributed by atoms with van der Waals surface area (Å²) in [5.74, 6) is 0.863. The Morgan fingerprint density at radius 1 is 1.50 bits per heavy atom. The third kappa shape index (κ3) is 2.43. The Morgan fingerprint density at radius 2 is 2.19 bits per heavy atom. The molecule has 1 aromatic rings. The fourth-order valence-electron chi connectivity index (χ4n) is 2.69. The van der Waals surface area contributed by atoms with E-state index >= 15 is 0 Å². The van der Waals surface area contributed by atoms with Crippen molar-refractivity contribution in [1.82, 2.24) is 15.0 Å². The minimum atomic E-state index is 0.280. The molecule has 1 saturated carbocycles. The SMILES string of the molecule is CC1CCC(CN)(Cc2cn(C)nn2)CC1. The number of hydrogen-bond donors (Lipinski definition) is 1. The fourth-order valence-corrected chi connectivity index (χ4v) is 2.69. The maximum absolute atomic E-state index is 5.98. The topological polar surface area (TPSA) is 56.7 Å². The second kappa shape index (κ2) is 4.53. The van der Waals surface area contributed by atoms with Crippen molar-refractivity contribution in [3.63, 3.8) is 0 Å². The van der Waals surface area contributed by atoms with E-state index in [4.69, 9.17) is 5.73 Å². The molecule has 0 spiro atoms. The molecule has 1 heterocycles. The molecule has 0 bridgehead atoms. The number of aromatic nitrogens is 3. The molecule has 0 unspecified atom stereocenters. The molecule has 0 radical (unpaired) electrons. The van der Waals surface area contributed by atoms with E-state index < -0.39 is 0 Å². The van der Waals surface area contributed by atoms with Crippen LogP contribution in [0.1, 0.15) is 38.3 Å². The molecular weight excluding hydrogens is 200 g/mol. The molecule has 90 valence electrons. The van der Waals surface area contributed by atoms with E-state index in [2.05, 4.69) is 17.2 Å². The summed E-state index contributed by atoms with van der Waals surface area (Å²) in [7, 11) is 1.91. The number of nitrogens with two attached hydrogens (primary N) is 1. The molecule has 0 atom stereocenters. The van der Waals surface area contributed by atoms with E-state index in [0.29, 0.717) is 0 Å². The predicted octanol–water partition coefficient (Wildman–Crippen LogP) is 1.51. The lowest BCUT2D eigenvalue weighted by atomic mass is 9.68. The Labute approximate surface area is 97.2 Å². The van der Waals surface area contributed by atoms with Gasteiger partial charge in [0.15, 0.2) is 0 Å². The summed E-state index contributed by atoms with van der Waals surface area (Å²) in [6.07, 6.45) is 8.08. The molecule has 16 heavy (non-hydrogen) atoms. The van der Waals surface area contributed by atoms with Crippen LogP contribution in [0.25, 0.3) is 0 Å². The smallest absolute Gasteiger partial charge is 0.0833 e. The first-order valence-electron chi connectivity index (χ1n) is 6.19. The molecule has 4 nitrogen and oxygen atoms in total. The summed E-state index contributed by atoms with van der Waals surface area (Å²) in [5, 5.41) is 8.17. The Morgan fingerprint density at radius 3 is 2.69 bits per heavy atom. The molecule has 1 aromatic heterocycles. The number of hydrogen-bond acceptors (Lipinski definition) is 3. The van der Waals surface area contributed by atoms with Gasteiger partial charge in [-0.05, 0) is 37.1 Å². The second-order valence-corrected chi connectivity index (χ2v) is 5.45. The van der Waals surface area contributed by atoms with Gasteiger partial charge in [-0.3, -0.25) is 4.68 Å². The highest BCUT2D eigenvalue weighted by Crippen LogP contribution is 2.40. The number of nitrogens with zero attached hydrogens (tertiary/aromatic N) is 3. The van der Waals surface area contributed by atoms with Gasteiger partial charge in [0.25, 0.3) is 0 Å². The quantitative estimate of drug-likeness (QED) is 0.843. The Balaban J connectivity index is 2.04. The average molecular weight is 222 g/mol. The van der Waals surface area contributed by atoms with Crippen molar-refractivity contribution in [3.05, 3.63) is 11.9 Å². The van der Waals surface area contributed by atoms with Gasteiger partial charge in [-0.15, -0.1) is 5.10 Å². The lowest BCUT2D eigenvalue weighted by Crippen LogP contribution is -2.36. The largest absolute Gasteiger partial charge is 0.330 e. The van der Waals surface area contributed by atoms with Gasteiger partial charge in [0.05, 0.1) is 5.69 Å². The average Bonchev–Trinajstić information content (AvgIpc) is 2.68. The van der Waals surface area contributed by atoms with E-state index in [1.165, 1.54) is 25.7 Å². The van der Waals surface area contributed by atoms with Crippen LogP contribution in [0.4, 0.5) is 0 Å².